The second-order valence-electron chi connectivity index (χ2n) is 3.88. The van der Waals surface area contributed by atoms with E-state index in [4.69, 9.17) is 0 Å². The third-order valence-corrected chi connectivity index (χ3v) is 3.90. The summed E-state index contributed by atoms with van der Waals surface area (Å²) < 4.78 is 0. The zero-order valence-electron chi connectivity index (χ0n) is 9.05. The fourth-order valence-electron chi connectivity index (χ4n) is 2.13. The number of aryl methyl sites for hydroxylation is 1. The highest BCUT2D eigenvalue weighted by atomic mass is 32.1. The molecular formula is C11H11N3OS. The summed E-state index contributed by atoms with van der Waals surface area (Å²) in [5.74, 6) is -0.0966. The lowest BCUT2D eigenvalue weighted by Crippen LogP contribution is -2.19. The number of amides is 1. The van der Waals surface area contributed by atoms with E-state index in [0.717, 1.165) is 17.7 Å². The van der Waals surface area contributed by atoms with Crippen molar-refractivity contribution < 1.29 is 4.79 Å². The van der Waals surface area contributed by atoms with E-state index in [1.165, 1.54) is 15.3 Å². The van der Waals surface area contributed by atoms with Crippen molar-refractivity contribution in [3.63, 3.8) is 0 Å². The van der Waals surface area contributed by atoms with Crippen molar-refractivity contribution in [3.05, 3.63) is 27.1 Å². The molecule has 0 aliphatic heterocycles. The van der Waals surface area contributed by atoms with E-state index in [0.29, 0.717) is 5.69 Å². The summed E-state index contributed by atoms with van der Waals surface area (Å²) >= 11 is 1.78. The average molecular weight is 233 g/mol. The van der Waals surface area contributed by atoms with Gasteiger partial charge in [0.2, 0.25) is 0 Å². The molecule has 1 aliphatic rings. The molecule has 2 heterocycles. The first kappa shape index (κ1) is 9.59. The van der Waals surface area contributed by atoms with Gasteiger partial charge in [0.1, 0.15) is 5.69 Å². The summed E-state index contributed by atoms with van der Waals surface area (Å²) in [6, 6.07) is 2.14. The van der Waals surface area contributed by atoms with Gasteiger partial charge in [0.25, 0.3) is 5.91 Å². The number of rotatable bonds is 1. The number of H-pyrrole nitrogens is 1. The fraction of sp³-hybridized carbons (Fsp3) is 0.273. The van der Waals surface area contributed by atoms with Gasteiger partial charge in [-0.2, -0.15) is 5.10 Å². The molecule has 0 aromatic carbocycles. The van der Waals surface area contributed by atoms with Crippen molar-refractivity contribution in [2.75, 3.05) is 7.05 Å². The lowest BCUT2D eigenvalue weighted by Gasteiger charge is -1.97. The molecule has 0 atom stereocenters. The molecule has 0 saturated heterocycles. The third-order valence-electron chi connectivity index (χ3n) is 2.85. The lowest BCUT2D eigenvalue weighted by molar-refractivity contribution is 0.0957. The van der Waals surface area contributed by atoms with Crippen LogP contribution in [0, 0.1) is 6.92 Å². The van der Waals surface area contributed by atoms with E-state index >= 15 is 0 Å². The topological polar surface area (TPSA) is 57.8 Å². The highest BCUT2D eigenvalue weighted by Gasteiger charge is 2.28. The van der Waals surface area contributed by atoms with Gasteiger partial charge in [0.15, 0.2) is 0 Å². The molecule has 1 aliphatic carbocycles. The molecule has 2 N–H and O–H groups in total. The number of carbonyl (C=O) groups excluding carboxylic acids is 1. The molecule has 0 radical (unpaired) electrons. The Morgan fingerprint density at radius 1 is 1.62 bits per heavy atom. The van der Waals surface area contributed by atoms with Crippen LogP contribution in [0.3, 0.4) is 0 Å². The van der Waals surface area contributed by atoms with Crippen LogP contribution in [0.1, 0.15) is 25.8 Å². The van der Waals surface area contributed by atoms with Crippen LogP contribution in [0.25, 0.3) is 11.3 Å². The molecule has 1 amide bonds. The van der Waals surface area contributed by atoms with Gasteiger partial charge in [-0.3, -0.25) is 9.89 Å². The zero-order valence-corrected chi connectivity index (χ0v) is 9.86. The summed E-state index contributed by atoms with van der Waals surface area (Å²) in [7, 11) is 1.63. The molecule has 0 bridgehead atoms. The fourth-order valence-corrected chi connectivity index (χ4v) is 3.18. The summed E-state index contributed by atoms with van der Waals surface area (Å²) in [6.07, 6.45) is 0.822. The standard InChI is InChI=1S/C11H11N3OS/c1-5-3-6-8(16-5)4-7-9(6)13-14-10(7)11(15)12-2/h3H,4H2,1-2H3,(H,12,15)(H,13,14). The molecular weight excluding hydrogens is 222 g/mol. The normalized spacial score (nSPS) is 12.4. The van der Waals surface area contributed by atoms with Gasteiger partial charge in [0, 0.05) is 34.3 Å². The first-order valence-corrected chi connectivity index (χ1v) is 5.91. The molecule has 3 rings (SSSR count). The number of thiophene rings is 1. The molecule has 0 saturated carbocycles. The number of fused-ring (bicyclic) bond motifs is 3. The molecule has 4 nitrogen and oxygen atoms in total. The molecule has 0 unspecified atom stereocenters. The SMILES string of the molecule is CNC(=O)c1[nH]nc2c1Cc1sc(C)cc1-2. The predicted octanol–water partition coefficient (Wildman–Crippen LogP) is 1.71. The van der Waals surface area contributed by atoms with E-state index in [1.54, 1.807) is 18.4 Å². The van der Waals surface area contributed by atoms with Crippen LogP contribution in [0.4, 0.5) is 0 Å². The largest absolute Gasteiger partial charge is 0.354 e. The summed E-state index contributed by atoms with van der Waals surface area (Å²) in [5, 5.41) is 9.68. The maximum atomic E-state index is 11.6. The number of nitrogens with one attached hydrogen (secondary N) is 2. The first-order valence-electron chi connectivity index (χ1n) is 5.09. The van der Waals surface area contributed by atoms with Crippen LogP contribution in [-0.4, -0.2) is 23.2 Å². The van der Waals surface area contributed by atoms with Gasteiger partial charge >= 0.3 is 0 Å². The number of carbonyl (C=O) groups is 1. The smallest absolute Gasteiger partial charge is 0.269 e. The van der Waals surface area contributed by atoms with Crippen LogP contribution >= 0.6 is 11.3 Å². The summed E-state index contributed by atoms with van der Waals surface area (Å²) in [4.78, 5) is 14.2. The lowest BCUT2D eigenvalue weighted by atomic mass is 10.2. The minimum atomic E-state index is -0.0966. The van der Waals surface area contributed by atoms with E-state index in [1.807, 2.05) is 0 Å². The van der Waals surface area contributed by atoms with Crippen LogP contribution in [-0.2, 0) is 6.42 Å². The molecule has 2 aromatic heterocycles. The van der Waals surface area contributed by atoms with Crippen molar-refractivity contribution >= 4 is 17.2 Å². The average Bonchev–Trinajstić information content (AvgIpc) is 2.87. The minimum Gasteiger partial charge on any atom is -0.354 e. The number of hydrogen-bond acceptors (Lipinski definition) is 3. The highest BCUT2D eigenvalue weighted by Crippen LogP contribution is 2.41. The molecule has 82 valence electrons. The Balaban J connectivity index is 2.13. The second kappa shape index (κ2) is 3.18. The van der Waals surface area contributed by atoms with E-state index in [-0.39, 0.29) is 5.91 Å². The Morgan fingerprint density at radius 3 is 3.19 bits per heavy atom. The van der Waals surface area contributed by atoms with Crippen molar-refractivity contribution in [2.45, 2.75) is 13.3 Å². The zero-order chi connectivity index (χ0) is 11.3. The monoisotopic (exact) mass is 233 g/mol. The van der Waals surface area contributed by atoms with Crippen molar-refractivity contribution in [3.8, 4) is 11.3 Å². The molecule has 0 fully saturated rings. The minimum absolute atomic E-state index is 0.0966. The maximum absolute atomic E-state index is 11.6. The first-order chi connectivity index (χ1) is 7.70. The number of hydrogen-bond donors (Lipinski definition) is 2. The van der Waals surface area contributed by atoms with E-state index in [2.05, 4.69) is 28.5 Å². The molecule has 16 heavy (non-hydrogen) atoms. The Kier molecular flexibility index (Phi) is 1.91. The highest BCUT2D eigenvalue weighted by molar-refractivity contribution is 7.12. The van der Waals surface area contributed by atoms with Crippen LogP contribution in [0.15, 0.2) is 6.07 Å². The summed E-state index contributed by atoms with van der Waals surface area (Å²) in [5.41, 5.74) is 3.75. The van der Waals surface area contributed by atoms with Crippen molar-refractivity contribution in [2.24, 2.45) is 0 Å². The molecule has 5 heteroatoms. The van der Waals surface area contributed by atoms with Crippen LogP contribution in [0.2, 0.25) is 0 Å². The van der Waals surface area contributed by atoms with E-state index in [9.17, 15) is 4.79 Å². The third kappa shape index (κ3) is 1.15. The predicted molar refractivity (Wildman–Crippen MR) is 62.8 cm³/mol. The number of aromatic amines is 1. The van der Waals surface area contributed by atoms with Gasteiger partial charge < -0.3 is 5.32 Å². The molecule has 0 spiro atoms. The van der Waals surface area contributed by atoms with Crippen LogP contribution < -0.4 is 5.32 Å². The Labute approximate surface area is 96.7 Å². The van der Waals surface area contributed by atoms with E-state index < -0.39 is 0 Å². The van der Waals surface area contributed by atoms with Crippen molar-refractivity contribution in [1.29, 1.82) is 0 Å². The number of nitrogens with zero attached hydrogens (tertiary/aromatic N) is 1. The quantitative estimate of drug-likeness (QED) is 0.672. The van der Waals surface area contributed by atoms with Gasteiger partial charge in [-0.15, -0.1) is 11.3 Å². The van der Waals surface area contributed by atoms with Gasteiger partial charge in [-0.25, -0.2) is 0 Å². The number of aromatic nitrogens is 2. The van der Waals surface area contributed by atoms with Gasteiger partial charge in [-0.05, 0) is 13.0 Å². The Bertz CT molecular complexity index is 582. The Morgan fingerprint density at radius 2 is 2.44 bits per heavy atom. The van der Waals surface area contributed by atoms with Gasteiger partial charge in [-0.1, -0.05) is 0 Å². The molecule has 2 aromatic rings. The Hall–Kier alpha value is -1.62. The maximum Gasteiger partial charge on any atom is 0.269 e. The van der Waals surface area contributed by atoms with Gasteiger partial charge in [0.05, 0.1) is 5.69 Å². The van der Waals surface area contributed by atoms with Crippen LogP contribution in [0.5, 0.6) is 0 Å². The summed E-state index contributed by atoms with van der Waals surface area (Å²) in [6.45, 7) is 2.09. The van der Waals surface area contributed by atoms with Crippen molar-refractivity contribution in [1.82, 2.24) is 15.5 Å². The second-order valence-corrected chi connectivity index (χ2v) is 5.22.